The molecule has 0 saturated heterocycles. The van der Waals surface area contributed by atoms with Crippen LogP contribution < -0.4 is 5.32 Å². The van der Waals surface area contributed by atoms with Crippen LogP contribution in [0.25, 0.3) is 0 Å². The van der Waals surface area contributed by atoms with Crippen LogP contribution in [0.3, 0.4) is 0 Å². The van der Waals surface area contributed by atoms with E-state index >= 15 is 0 Å². The Balaban J connectivity index is 2.32. The molecule has 4 nitrogen and oxygen atoms in total. The van der Waals surface area contributed by atoms with E-state index in [0.717, 1.165) is 18.5 Å². The third-order valence-corrected chi connectivity index (χ3v) is 5.56. The molecule has 1 heterocycles. The van der Waals surface area contributed by atoms with Crippen molar-refractivity contribution in [2.75, 3.05) is 19.6 Å². The van der Waals surface area contributed by atoms with E-state index in [2.05, 4.69) is 5.32 Å². The number of benzene rings is 1. The SMILES string of the molecule is CCNCc1ccc(Cl)c(S(=O)(=O)N2CC=CCC2)c1. The lowest BCUT2D eigenvalue weighted by Gasteiger charge is -2.23. The predicted octanol–water partition coefficient (Wildman–Crippen LogP) is 2.40. The molecule has 0 atom stereocenters. The van der Waals surface area contributed by atoms with Gasteiger partial charge in [-0.3, -0.25) is 0 Å². The van der Waals surface area contributed by atoms with Gasteiger partial charge in [0.05, 0.1) is 5.02 Å². The zero-order chi connectivity index (χ0) is 14.6. The van der Waals surface area contributed by atoms with Gasteiger partial charge >= 0.3 is 0 Å². The van der Waals surface area contributed by atoms with E-state index in [1.54, 1.807) is 12.1 Å². The molecule has 1 N–H and O–H groups in total. The second-order valence-electron chi connectivity index (χ2n) is 4.67. The van der Waals surface area contributed by atoms with Crippen LogP contribution in [-0.2, 0) is 16.6 Å². The predicted molar refractivity (Wildman–Crippen MR) is 81.3 cm³/mol. The minimum absolute atomic E-state index is 0.199. The fourth-order valence-electron chi connectivity index (χ4n) is 2.10. The first kappa shape index (κ1) is 15.5. The first-order valence-corrected chi connectivity index (χ1v) is 8.52. The molecule has 0 aromatic heterocycles. The molecule has 0 radical (unpaired) electrons. The average Bonchev–Trinajstić information content (AvgIpc) is 2.47. The molecule has 0 fully saturated rings. The third-order valence-electron chi connectivity index (χ3n) is 3.21. The zero-order valence-corrected chi connectivity index (χ0v) is 13.0. The summed E-state index contributed by atoms with van der Waals surface area (Å²) < 4.78 is 26.7. The monoisotopic (exact) mass is 314 g/mol. The van der Waals surface area contributed by atoms with Crippen LogP contribution in [0.15, 0.2) is 35.2 Å². The summed E-state index contributed by atoms with van der Waals surface area (Å²) in [6.45, 7) is 4.40. The highest BCUT2D eigenvalue weighted by Gasteiger charge is 2.26. The normalized spacial score (nSPS) is 16.5. The maximum atomic E-state index is 12.6. The Morgan fingerprint density at radius 1 is 1.35 bits per heavy atom. The van der Waals surface area contributed by atoms with Gasteiger partial charge in [-0.15, -0.1) is 0 Å². The van der Waals surface area contributed by atoms with E-state index in [1.165, 1.54) is 4.31 Å². The number of nitrogens with one attached hydrogen (secondary N) is 1. The summed E-state index contributed by atoms with van der Waals surface area (Å²) in [5, 5.41) is 3.46. The van der Waals surface area contributed by atoms with Crippen LogP contribution in [0.1, 0.15) is 18.9 Å². The highest BCUT2D eigenvalue weighted by Crippen LogP contribution is 2.26. The van der Waals surface area contributed by atoms with Gasteiger partial charge in [-0.2, -0.15) is 4.31 Å². The lowest BCUT2D eigenvalue weighted by Crippen LogP contribution is -2.34. The highest BCUT2D eigenvalue weighted by molar-refractivity contribution is 7.89. The van der Waals surface area contributed by atoms with Crippen molar-refractivity contribution in [2.45, 2.75) is 24.8 Å². The van der Waals surface area contributed by atoms with Gasteiger partial charge in [0.1, 0.15) is 4.90 Å². The van der Waals surface area contributed by atoms with Gasteiger partial charge < -0.3 is 5.32 Å². The van der Waals surface area contributed by atoms with E-state index in [9.17, 15) is 8.42 Å². The van der Waals surface area contributed by atoms with Gasteiger partial charge in [-0.05, 0) is 30.7 Å². The van der Waals surface area contributed by atoms with Crippen molar-refractivity contribution in [3.63, 3.8) is 0 Å². The smallest absolute Gasteiger partial charge is 0.244 e. The highest BCUT2D eigenvalue weighted by atomic mass is 35.5. The van der Waals surface area contributed by atoms with Crippen LogP contribution >= 0.6 is 11.6 Å². The Kier molecular flexibility index (Phi) is 5.21. The largest absolute Gasteiger partial charge is 0.313 e. The minimum Gasteiger partial charge on any atom is -0.313 e. The Labute approximate surface area is 125 Å². The van der Waals surface area contributed by atoms with Gasteiger partial charge in [0, 0.05) is 19.6 Å². The first-order valence-electron chi connectivity index (χ1n) is 6.70. The van der Waals surface area contributed by atoms with Crippen molar-refractivity contribution in [3.05, 3.63) is 40.9 Å². The van der Waals surface area contributed by atoms with Crippen molar-refractivity contribution in [3.8, 4) is 0 Å². The summed E-state index contributed by atoms with van der Waals surface area (Å²) in [5.41, 5.74) is 0.919. The Bertz CT molecular complexity index is 599. The Hall–Kier alpha value is -0.880. The summed E-state index contributed by atoms with van der Waals surface area (Å²) in [7, 11) is -3.52. The number of hydrogen-bond acceptors (Lipinski definition) is 3. The second kappa shape index (κ2) is 6.72. The molecule has 1 aromatic rings. The van der Waals surface area contributed by atoms with Gasteiger partial charge in [-0.1, -0.05) is 36.7 Å². The molecule has 1 aromatic carbocycles. The molecule has 0 saturated carbocycles. The molecule has 6 heteroatoms. The number of rotatable bonds is 5. The number of halogens is 1. The molecule has 1 aliphatic rings. The molecule has 0 spiro atoms. The van der Waals surface area contributed by atoms with Crippen molar-refractivity contribution in [1.82, 2.24) is 9.62 Å². The van der Waals surface area contributed by atoms with Crippen molar-refractivity contribution < 1.29 is 8.42 Å². The molecular formula is C14H19ClN2O2S. The molecule has 1 aliphatic heterocycles. The lowest BCUT2D eigenvalue weighted by molar-refractivity contribution is 0.437. The van der Waals surface area contributed by atoms with Gasteiger partial charge in [0.2, 0.25) is 10.0 Å². The van der Waals surface area contributed by atoms with E-state index in [1.807, 2.05) is 25.1 Å². The molecule has 0 amide bonds. The van der Waals surface area contributed by atoms with E-state index in [0.29, 0.717) is 19.6 Å². The Morgan fingerprint density at radius 2 is 2.15 bits per heavy atom. The fraction of sp³-hybridized carbons (Fsp3) is 0.429. The summed E-state index contributed by atoms with van der Waals surface area (Å²) >= 11 is 6.09. The molecule has 110 valence electrons. The lowest BCUT2D eigenvalue weighted by atomic mass is 10.2. The van der Waals surface area contributed by atoms with Gasteiger partial charge in [0.15, 0.2) is 0 Å². The van der Waals surface area contributed by atoms with Gasteiger partial charge in [-0.25, -0.2) is 8.42 Å². The quantitative estimate of drug-likeness (QED) is 0.849. The summed E-state index contributed by atoms with van der Waals surface area (Å²) in [6.07, 6.45) is 4.61. The summed E-state index contributed by atoms with van der Waals surface area (Å²) in [4.78, 5) is 0.199. The summed E-state index contributed by atoms with van der Waals surface area (Å²) in [5.74, 6) is 0. The average molecular weight is 315 g/mol. The van der Waals surface area contributed by atoms with Crippen LogP contribution in [-0.4, -0.2) is 32.4 Å². The van der Waals surface area contributed by atoms with Crippen LogP contribution in [0, 0.1) is 0 Å². The van der Waals surface area contributed by atoms with Crippen molar-refractivity contribution in [2.24, 2.45) is 0 Å². The van der Waals surface area contributed by atoms with Gasteiger partial charge in [0.25, 0.3) is 0 Å². The van der Waals surface area contributed by atoms with Crippen LogP contribution in [0.4, 0.5) is 0 Å². The fourth-order valence-corrected chi connectivity index (χ4v) is 4.03. The molecule has 2 rings (SSSR count). The number of hydrogen-bond donors (Lipinski definition) is 1. The second-order valence-corrected chi connectivity index (χ2v) is 6.98. The van der Waals surface area contributed by atoms with Crippen LogP contribution in [0.5, 0.6) is 0 Å². The zero-order valence-electron chi connectivity index (χ0n) is 11.5. The molecule has 0 bridgehead atoms. The van der Waals surface area contributed by atoms with E-state index in [-0.39, 0.29) is 9.92 Å². The van der Waals surface area contributed by atoms with Crippen LogP contribution in [0.2, 0.25) is 5.02 Å². The van der Waals surface area contributed by atoms with Crippen molar-refractivity contribution in [1.29, 1.82) is 0 Å². The standard InChI is InChI=1S/C14H19ClN2O2S/c1-2-16-11-12-6-7-13(15)14(10-12)20(18,19)17-8-4-3-5-9-17/h3-4,6-7,10,16H,2,5,8-9,11H2,1H3. The molecule has 20 heavy (non-hydrogen) atoms. The number of sulfonamides is 1. The topological polar surface area (TPSA) is 49.4 Å². The Morgan fingerprint density at radius 3 is 2.80 bits per heavy atom. The van der Waals surface area contributed by atoms with E-state index < -0.39 is 10.0 Å². The third kappa shape index (κ3) is 3.41. The minimum atomic E-state index is -3.52. The van der Waals surface area contributed by atoms with E-state index in [4.69, 9.17) is 11.6 Å². The summed E-state index contributed by atoms with van der Waals surface area (Å²) in [6, 6.07) is 5.17. The maximum absolute atomic E-state index is 12.6. The number of nitrogens with zero attached hydrogens (tertiary/aromatic N) is 1. The molecule has 0 aliphatic carbocycles. The molecule has 0 unspecified atom stereocenters. The molecular weight excluding hydrogens is 296 g/mol. The van der Waals surface area contributed by atoms with Crippen molar-refractivity contribution >= 4 is 21.6 Å². The first-order chi connectivity index (χ1) is 9.55. The maximum Gasteiger partial charge on any atom is 0.244 e.